The monoisotopic (exact) mass is 296 g/mol. The van der Waals surface area contributed by atoms with Crippen molar-refractivity contribution in [1.82, 2.24) is 10.3 Å². The van der Waals surface area contributed by atoms with Crippen molar-refractivity contribution in [1.29, 1.82) is 0 Å². The molecule has 0 aliphatic rings. The lowest BCUT2D eigenvalue weighted by molar-refractivity contribution is -0.402. The van der Waals surface area contributed by atoms with Crippen LogP contribution in [0.5, 0.6) is 0 Å². The second kappa shape index (κ2) is 8.85. The van der Waals surface area contributed by atoms with Crippen molar-refractivity contribution in [2.45, 2.75) is 26.7 Å². The van der Waals surface area contributed by atoms with Crippen molar-refractivity contribution in [2.75, 3.05) is 19.6 Å². The van der Waals surface area contributed by atoms with Gasteiger partial charge in [-0.2, -0.15) is 5.10 Å². The van der Waals surface area contributed by atoms with Gasteiger partial charge in [0.15, 0.2) is 5.76 Å². The molecule has 1 N–H and O–H groups in total. The number of furan rings is 1. The first-order valence-electron chi connectivity index (χ1n) is 6.85. The van der Waals surface area contributed by atoms with Gasteiger partial charge in [-0.25, -0.2) is 5.43 Å². The molecule has 8 nitrogen and oxygen atoms in total. The van der Waals surface area contributed by atoms with E-state index in [-0.39, 0.29) is 24.1 Å². The number of amides is 1. The molecule has 8 heteroatoms. The largest absolute Gasteiger partial charge is 0.433 e. The number of nitrogens with one attached hydrogen (secondary N) is 1. The molecule has 1 aromatic heterocycles. The third-order valence-electron chi connectivity index (χ3n) is 2.62. The van der Waals surface area contributed by atoms with Crippen LogP contribution in [0, 0.1) is 10.1 Å². The molecular weight excluding hydrogens is 276 g/mol. The maximum atomic E-state index is 11.7. The van der Waals surface area contributed by atoms with Crippen LogP contribution in [0.15, 0.2) is 21.7 Å². The van der Waals surface area contributed by atoms with Gasteiger partial charge in [-0.15, -0.1) is 0 Å². The number of nitro groups is 1. The Kier molecular flexibility index (Phi) is 7.10. The van der Waals surface area contributed by atoms with Crippen LogP contribution < -0.4 is 5.43 Å². The molecule has 21 heavy (non-hydrogen) atoms. The first kappa shape index (κ1) is 16.8. The molecule has 0 saturated carbocycles. The van der Waals surface area contributed by atoms with Gasteiger partial charge < -0.3 is 4.42 Å². The maximum Gasteiger partial charge on any atom is 0.433 e. The molecular formula is C13H20N4O4. The molecule has 0 radical (unpaired) electrons. The summed E-state index contributed by atoms with van der Waals surface area (Å²) in [5.74, 6) is -0.380. The molecule has 116 valence electrons. The lowest BCUT2D eigenvalue weighted by atomic mass is 10.3. The van der Waals surface area contributed by atoms with Gasteiger partial charge >= 0.3 is 5.88 Å². The minimum Gasteiger partial charge on any atom is -0.400 e. The molecule has 1 amide bonds. The first-order chi connectivity index (χ1) is 10.1. The van der Waals surface area contributed by atoms with E-state index in [0.29, 0.717) is 0 Å². The summed E-state index contributed by atoms with van der Waals surface area (Å²) in [4.78, 5) is 23.5. The Morgan fingerprint density at radius 1 is 1.43 bits per heavy atom. The minimum atomic E-state index is -0.636. The molecule has 0 aromatic carbocycles. The average molecular weight is 296 g/mol. The average Bonchev–Trinajstić information content (AvgIpc) is 2.88. The van der Waals surface area contributed by atoms with Gasteiger partial charge in [0.2, 0.25) is 0 Å². The highest BCUT2D eigenvalue weighted by Gasteiger charge is 2.11. The van der Waals surface area contributed by atoms with Crippen molar-refractivity contribution in [2.24, 2.45) is 5.10 Å². The molecule has 0 aliphatic heterocycles. The summed E-state index contributed by atoms with van der Waals surface area (Å²) < 4.78 is 4.88. The standard InChI is InChI=1S/C13H20N4O4/c1-3-7-16(8-4-2)10-12(18)15-14-9-11-5-6-13(21-11)17(19)20/h5-6,9H,3-4,7-8,10H2,1-2H3,(H,15,18)/b14-9+. The summed E-state index contributed by atoms with van der Waals surface area (Å²) >= 11 is 0. The van der Waals surface area contributed by atoms with Crippen molar-refractivity contribution >= 4 is 18.0 Å². The maximum absolute atomic E-state index is 11.7. The normalized spacial score (nSPS) is 11.2. The molecule has 1 heterocycles. The van der Waals surface area contributed by atoms with E-state index in [1.165, 1.54) is 18.3 Å². The smallest absolute Gasteiger partial charge is 0.400 e. The predicted molar refractivity (Wildman–Crippen MR) is 78.1 cm³/mol. The molecule has 0 atom stereocenters. The number of carbonyl (C=O) groups is 1. The van der Waals surface area contributed by atoms with E-state index in [1.807, 2.05) is 4.90 Å². The zero-order valence-electron chi connectivity index (χ0n) is 12.2. The topological polar surface area (TPSA) is 101 Å². The number of rotatable bonds is 9. The van der Waals surface area contributed by atoms with E-state index >= 15 is 0 Å². The Balaban J connectivity index is 2.43. The summed E-state index contributed by atoms with van der Waals surface area (Å²) in [7, 11) is 0. The Morgan fingerprint density at radius 2 is 2.10 bits per heavy atom. The van der Waals surface area contributed by atoms with Gasteiger partial charge in [0, 0.05) is 0 Å². The van der Waals surface area contributed by atoms with Crippen LogP contribution in [0.2, 0.25) is 0 Å². The van der Waals surface area contributed by atoms with Crippen molar-refractivity contribution in [3.63, 3.8) is 0 Å². The molecule has 0 bridgehead atoms. The Morgan fingerprint density at radius 3 is 2.62 bits per heavy atom. The van der Waals surface area contributed by atoms with E-state index in [9.17, 15) is 14.9 Å². The van der Waals surface area contributed by atoms with E-state index in [1.54, 1.807) is 0 Å². The molecule has 0 aliphatic carbocycles. The summed E-state index contributed by atoms with van der Waals surface area (Å²) in [5.41, 5.74) is 2.38. The third-order valence-corrected chi connectivity index (χ3v) is 2.62. The Hall–Kier alpha value is -2.22. The van der Waals surface area contributed by atoms with Gasteiger partial charge in [0.05, 0.1) is 18.8 Å². The lowest BCUT2D eigenvalue weighted by Crippen LogP contribution is -2.36. The zero-order valence-corrected chi connectivity index (χ0v) is 12.2. The Bertz CT molecular complexity index is 492. The summed E-state index contributed by atoms with van der Waals surface area (Å²) in [5, 5.41) is 14.2. The molecule has 0 unspecified atom stereocenters. The van der Waals surface area contributed by atoms with Gasteiger partial charge in [-0.05, 0) is 32.0 Å². The lowest BCUT2D eigenvalue weighted by Gasteiger charge is -2.19. The van der Waals surface area contributed by atoms with Crippen LogP contribution in [0.25, 0.3) is 0 Å². The fourth-order valence-electron chi connectivity index (χ4n) is 1.82. The summed E-state index contributed by atoms with van der Waals surface area (Å²) in [6.45, 7) is 6.10. The summed E-state index contributed by atoms with van der Waals surface area (Å²) in [6, 6.07) is 2.64. The molecule has 0 fully saturated rings. The van der Waals surface area contributed by atoms with Crippen LogP contribution in [0.4, 0.5) is 5.88 Å². The van der Waals surface area contributed by atoms with Crippen molar-refractivity contribution in [3.8, 4) is 0 Å². The van der Waals surface area contributed by atoms with Gasteiger partial charge in [-0.3, -0.25) is 19.8 Å². The van der Waals surface area contributed by atoms with Crippen LogP contribution in [0.1, 0.15) is 32.4 Å². The highest BCUT2D eigenvalue weighted by Crippen LogP contribution is 2.13. The predicted octanol–water partition coefficient (Wildman–Crippen LogP) is 1.76. The SMILES string of the molecule is CCCN(CCC)CC(=O)N/N=C/c1ccc([N+](=O)[O-])o1. The van der Waals surface area contributed by atoms with Gasteiger partial charge in [0.25, 0.3) is 5.91 Å². The number of hydrogen-bond donors (Lipinski definition) is 1. The third kappa shape index (κ3) is 6.17. The highest BCUT2D eigenvalue weighted by atomic mass is 16.6. The van der Waals surface area contributed by atoms with Gasteiger partial charge in [-0.1, -0.05) is 13.8 Å². The fraction of sp³-hybridized carbons (Fsp3) is 0.538. The van der Waals surface area contributed by atoms with Crippen molar-refractivity contribution in [3.05, 3.63) is 28.0 Å². The van der Waals surface area contributed by atoms with E-state index in [0.717, 1.165) is 25.9 Å². The van der Waals surface area contributed by atoms with Crippen molar-refractivity contribution < 1.29 is 14.1 Å². The second-order valence-electron chi connectivity index (χ2n) is 4.50. The van der Waals surface area contributed by atoms with Crippen LogP contribution >= 0.6 is 0 Å². The number of hydrazone groups is 1. The van der Waals surface area contributed by atoms with E-state index in [2.05, 4.69) is 24.4 Å². The van der Waals surface area contributed by atoms with Crippen LogP contribution in [-0.2, 0) is 4.79 Å². The summed E-state index contributed by atoms with van der Waals surface area (Å²) in [6.07, 6.45) is 3.19. The second-order valence-corrected chi connectivity index (χ2v) is 4.50. The van der Waals surface area contributed by atoms with Gasteiger partial charge in [0.1, 0.15) is 4.92 Å². The van der Waals surface area contributed by atoms with Crippen LogP contribution in [-0.4, -0.2) is 41.6 Å². The Labute approximate surface area is 122 Å². The number of nitrogens with zero attached hydrogens (tertiary/aromatic N) is 3. The number of hydrogen-bond acceptors (Lipinski definition) is 6. The molecule has 0 spiro atoms. The molecule has 1 aromatic rings. The highest BCUT2D eigenvalue weighted by molar-refractivity contribution is 5.81. The van der Waals surface area contributed by atoms with E-state index in [4.69, 9.17) is 4.42 Å². The van der Waals surface area contributed by atoms with E-state index < -0.39 is 4.92 Å². The number of carbonyl (C=O) groups excluding carboxylic acids is 1. The van der Waals surface area contributed by atoms with Crippen LogP contribution in [0.3, 0.4) is 0 Å². The molecule has 0 saturated heterocycles. The minimum absolute atomic E-state index is 0.209. The molecule has 1 rings (SSSR count). The zero-order chi connectivity index (χ0) is 15.7. The fourth-order valence-corrected chi connectivity index (χ4v) is 1.82. The quantitative estimate of drug-likeness (QED) is 0.425. The first-order valence-corrected chi connectivity index (χ1v) is 6.85.